The van der Waals surface area contributed by atoms with Crippen LogP contribution in [0.5, 0.6) is 0 Å². The molecule has 0 saturated heterocycles. The molecule has 0 aliphatic carbocycles. The Labute approximate surface area is 118 Å². The third-order valence-electron chi connectivity index (χ3n) is 2.31. The molecule has 0 bridgehead atoms. The predicted molar refractivity (Wildman–Crippen MR) is 74.7 cm³/mol. The molecule has 19 heavy (non-hydrogen) atoms. The summed E-state index contributed by atoms with van der Waals surface area (Å²) in [5.74, 6) is 0.0594. The second-order valence-electron chi connectivity index (χ2n) is 3.69. The zero-order valence-corrected chi connectivity index (χ0v) is 12.0. The number of hydrogen-bond acceptors (Lipinski definition) is 4. The summed E-state index contributed by atoms with van der Waals surface area (Å²) < 4.78 is 26.3. The SMILES string of the molecule is O=c1ccc(NS(=O)(=O)c2ccc(CBr)cc2)n[nH]1. The van der Waals surface area contributed by atoms with Crippen LogP contribution in [0.15, 0.2) is 46.1 Å². The Bertz CT molecular complexity index is 705. The molecule has 2 aromatic rings. The van der Waals surface area contributed by atoms with Crippen LogP contribution in [0.1, 0.15) is 5.56 Å². The van der Waals surface area contributed by atoms with Crippen LogP contribution < -0.4 is 10.3 Å². The number of rotatable bonds is 4. The Kier molecular flexibility index (Phi) is 4.01. The monoisotopic (exact) mass is 343 g/mol. The molecule has 1 heterocycles. The number of benzene rings is 1. The highest BCUT2D eigenvalue weighted by molar-refractivity contribution is 9.08. The Hall–Kier alpha value is -1.67. The summed E-state index contributed by atoms with van der Waals surface area (Å²) in [6.45, 7) is 0. The number of anilines is 1. The van der Waals surface area contributed by atoms with Gasteiger partial charge in [-0.1, -0.05) is 28.1 Å². The molecular weight excluding hydrogens is 334 g/mol. The third-order valence-corrected chi connectivity index (χ3v) is 4.32. The molecule has 0 spiro atoms. The van der Waals surface area contributed by atoms with Crippen LogP contribution in [0.3, 0.4) is 0 Å². The Morgan fingerprint density at radius 1 is 1.16 bits per heavy atom. The number of H-pyrrole nitrogens is 1. The van der Waals surface area contributed by atoms with Crippen LogP contribution >= 0.6 is 15.9 Å². The fourth-order valence-corrected chi connectivity index (χ4v) is 2.73. The third kappa shape index (κ3) is 3.42. The molecule has 0 radical (unpaired) electrons. The number of alkyl halides is 1. The standard InChI is InChI=1S/C11H10BrN3O3S/c12-7-8-1-3-9(4-2-8)19(17,18)15-10-5-6-11(16)14-13-10/h1-6H,7H2,(H,13,15)(H,14,16). The van der Waals surface area contributed by atoms with Gasteiger partial charge in [0.25, 0.3) is 15.6 Å². The Morgan fingerprint density at radius 3 is 2.37 bits per heavy atom. The molecule has 0 saturated carbocycles. The van der Waals surface area contributed by atoms with E-state index in [-0.39, 0.29) is 10.7 Å². The number of nitrogens with zero attached hydrogens (tertiary/aromatic N) is 1. The van der Waals surface area contributed by atoms with Crippen LogP contribution in [0, 0.1) is 0 Å². The van der Waals surface area contributed by atoms with Crippen LogP contribution in [0.4, 0.5) is 5.82 Å². The van der Waals surface area contributed by atoms with Gasteiger partial charge in [-0.3, -0.25) is 9.52 Å². The smallest absolute Gasteiger partial charge is 0.264 e. The minimum Gasteiger partial charge on any atom is -0.268 e. The Balaban J connectivity index is 2.26. The first-order valence-corrected chi connectivity index (χ1v) is 7.85. The molecule has 1 aromatic carbocycles. The minimum atomic E-state index is -3.70. The average molecular weight is 344 g/mol. The number of aromatic amines is 1. The van der Waals surface area contributed by atoms with E-state index in [1.54, 1.807) is 12.1 Å². The Morgan fingerprint density at radius 2 is 1.84 bits per heavy atom. The van der Waals surface area contributed by atoms with Crippen molar-refractivity contribution in [2.24, 2.45) is 0 Å². The van der Waals surface area contributed by atoms with E-state index in [2.05, 4.69) is 30.8 Å². The van der Waals surface area contributed by atoms with E-state index in [9.17, 15) is 13.2 Å². The maximum absolute atomic E-state index is 12.0. The first-order valence-electron chi connectivity index (χ1n) is 5.25. The van der Waals surface area contributed by atoms with Crippen molar-refractivity contribution >= 4 is 31.8 Å². The van der Waals surface area contributed by atoms with E-state index >= 15 is 0 Å². The number of aromatic nitrogens is 2. The summed E-state index contributed by atoms with van der Waals surface area (Å²) in [5, 5.41) is 6.40. The highest BCUT2D eigenvalue weighted by atomic mass is 79.9. The zero-order valence-electron chi connectivity index (χ0n) is 9.63. The number of sulfonamides is 1. The fraction of sp³-hybridized carbons (Fsp3) is 0.0909. The highest BCUT2D eigenvalue weighted by Crippen LogP contribution is 2.15. The first kappa shape index (κ1) is 13.8. The van der Waals surface area contributed by atoms with Gasteiger partial charge in [0.15, 0.2) is 5.82 Å². The maximum atomic E-state index is 12.0. The van der Waals surface area contributed by atoms with Gasteiger partial charge in [-0.05, 0) is 23.8 Å². The molecule has 100 valence electrons. The molecule has 0 atom stereocenters. The molecule has 0 unspecified atom stereocenters. The normalized spacial score (nSPS) is 11.2. The largest absolute Gasteiger partial charge is 0.268 e. The van der Waals surface area contributed by atoms with Gasteiger partial charge in [-0.2, -0.15) is 5.10 Å². The predicted octanol–water partition coefficient (Wildman–Crippen LogP) is 1.47. The maximum Gasteiger partial charge on any atom is 0.264 e. The summed E-state index contributed by atoms with van der Waals surface area (Å²) in [5.41, 5.74) is 0.575. The lowest BCUT2D eigenvalue weighted by Gasteiger charge is -2.07. The van der Waals surface area contributed by atoms with Gasteiger partial charge in [-0.25, -0.2) is 13.5 Å². The molecule has 2 rings (SSSR count). The zero-order chi connectivity index (χ0) is 13.9. The summed E-state index contributed by atoms with van der Waals surface area (Å²) >= 11 is 3.28. The molecule has 0 aliphatic rings. The van der Waals surface area contributed by atoms with Crippen molar-refractivity contribution in [2.75, 3.05) is 4.72 Å². The van der Waals surface area contributed by atoms with Crippen molar-refractivity contribution in [1.82, 2.24) is 10.2 Å². The van der Waals surface area contributed by atoms with Gasteiger partial charge in [0.1, 0.15) is 0 Å². The van der Waals surface area contributed by atoms with Crippen molar-refractivity contribution in [3.05, 3.63) is 52.3 Å². The lowest BCUT2D eigenvalue weighted by Crippen LogP contribution is -2.16. The van der Waals surface area contributed by atoms with E-state index in [4.69, 9.17) is 0 Å². The van der Waals surface area contributed by atoms with Gasteiger partial charge in [-0.15, -0.1) is 0 Å². The van der Waals surface area contributed by atoms with E-state index < -0.39 is 15.6 Å². The lowest BCUT2D eigenvalue weighted by atomic mass is 10.2. The highest BCUT2D eigenvalue weighted by Gasteiger charge is 2.14. The van der Waals surface area contributed by atoms with Gasteiger partial charge < -0.3 is 0 Å². The van der Waals surface area contributed by atoms with Crippen molar-refractivity contribution in [3.63, 3.8) is 0 Å². The van der Waals surface area contributed by atoms with E-state index in [0.29, 0.717) is 5.33 Å². The van der Waals surface area contributed by atoms with Crippen LogP contribution in [0.2, 0.25) is 0 Å². The second kappa shape index (κ2) is 5.54. The van der Waals surface area contributed by atoms with Gasteiger partial charge in [0.05, 0.1) is 4.90 Å². The van der Waals surface area contributed by atoms with E-state index in [1.807, 2.05) is 0 Å². The topological polar surface area (TPSA) is 91.9 Å². The van der Waals surface area contributed by atoms with Gasteiger partial charge in [0, 0.05) is 11.4 Å². The molecular formula is C11H10BrN3O3S. The number of nitrogens with one attached hydrogen (secondary N) is 2. The second-order valence-corrected chi connectivity index (χ2v) is 5.93. The molecule has 0 aliphatic heterocycles. The van der Waals surface area contributed by atoms with Crippen LogP contribution in [-0.4, -0.2) is 18.6 Å². The first-order chi connectivity index (χ1) is 9.01. The van der Waals surface area contributed by atoms with E-state index in [0.717, 1.165) is 5.56 Å². The van der Waals surface area contributed by atoms with Crippen molar-refractivity contribution in [2.45, 2.75) is 10.2 Å². The average Bonchev–Trinajstić information content (AvgIpc) is 2.41. The molecule has 0 amide bonds. The molecule has 2 N–H and O–H groups in total. The number of halogens is 1. The molecule has 6 nitrogen and oxygen atoms in total. The fourth-order valence-electron chi connectivity index (χ4n) is 1.36. The molecule has 8 heteroatoms. The van der Waals surface area contributed by atoms with Gasteiger partial charge >= 0.3 is 0 Å². The summed E-state index contributed by atoms with van der Waals surface area (Å²) in [6, 6.07) is 8.92. The quantitative estimate of drug-likeness (QED) is 0.822. The molecule has 0 fully saturated rings. The lowest BCUT2D eigenvalue weighted by molar-refractivity contribution is 0.601. The number of hydrogen-bond donors (Lipinski definition) is 2. The van der Waals surface area contributed by atoms with Crippen molar-refractivity contribution < 1.29 is 8.42 Å². The molecule has 1 aromatic heterocycles. The van der Waals surface area contributed by atoms with Gasteiger partial charge in [0.2, 0.25) is 0 Å². The summed E-state index contributed by atoms with van der Waals surface area (Å²) in [6.07, 6.45) is 0. The van der Waals surface area contributed by atoms with Crippen LogP contribution in [-0.2, 0) is 15.4 Å². The van der Waals surface area contributed by atoms with E-state index in [1.165, 1.54) is 24.3 Å². The summed E-state index contributed by atoms with van der Waals surface area (Å²) in [7, 11) is -3.70. The van der Waals surface area contributed by atoms with Crippen LogP contribution in [0.25, 0.3) is 0 Å². The minimum absolute atomic E-state index is 0.0594. The van der Waals surface area contributed by atoms with Crippen molar-refractivity contribution in [3.8, 4) is 0 Å². The van der Waals surface area contributed by atoms with Crippen molar-refractivity contribution in [1.29, 1.82) is 0 Å². The summed E-state index contributed by atoms with van der Waals surface area (Å²) in [4.78, 5) is 11.0.